The molecule has 1 aliphatic carbocycles. The number of rotatable bonds is 6. The van der Waals surface area contributed by atoms with E-state index in [1.165, 1.54) is 0 Å². The topological polar surface area (TPSA) is 52.5 Å². The van der Waals surface area contributed by atoms with Gasteiger partial charge in [0.15, 0.2) is 0 Å². The molecule has 0 bridgehead atoms. The van der Waals surface area contributed by atoms with Gasteiger partial charge in [0.25, 0.3) is 0 Å². The van der Waals surface area contributed by atoms with E-state index in [4.69, 9.17) is 10.2 Å². The minimum atomic E-state index is -0.0556. The van der Waals surface area contributed by atoms with E-state index in [1.807, 2.05) is 0 Å². The predicted octanol–water partition coefficient (Wildman–Crippen LogP) is 0.262. The molecule has 1 aliphatic rings. The SMILES string of the molecule is OCCCCCNC1CC(O)C1. The molecule has 0 unspecified atom stereocenters. The minimum absolute atomic E-state index is 0.0556. The highest BCUT2D eigenvalue weighted by Crippen LogP contribution is 2.18. The van der Waals surface area contributed by atoms with E-state index in [1.54, 1.807) is 0 Å². The summed E-state index contributed by atoms with van der Waals surface area (Å²) in [6.07, 6.45) is 4.92. The standard InChI is InChI=1S/C9H19NO2/c11-5-3-1-2-4-10-8-6-9(12)7-8/h8-12H,1-7H2. The zero-order valence-corrected chi connectivity index (χ0v) is 7.50. The molecule has 0 saturated heterocycles. The molecule has 0 atom stereocenters. The molecule has 1 fully saturated rings. The van der Waals surface area contributed by atoms with Gasteiger partial charge in [-0.2, -0.15) is 0 Å². The predicted molar refractivity (Wildman–Crippen MR) is 48.0 cm³/mol. The molecule has 0 spiro atoms. The van der Waals surface area contributed by atoms with Crippen molar-refractivity contribution in [2.24, 2.45) is 0 Å². The van der Waals surface area contributed by atoms with Gasteiger partial charge in [-0.1, -0.05) is 0 Å². The third-order valence-electron chi connectivity index (χ3n) is 2.38. The summed E-state index contributed by atoms with van der Waals surface area (Å²) in [5.74, 6) is 0. The Hall–Kier alpha value is -0.120. The highest BCUT2D eigenvalue weighted by atomic mass is 16.3. The van der Waals surface area contributed by atoms with Crippen LogP contribution in [-0.2, 0) is 0 Å². The zero-order valence-electron chi connectivity index (χ0n) is 7.50. The molecule has 0 amide bonds. The first-order valence-corrected chi connectivity index (χ1v) is 4.85. The molecule has 0 aromatic heterocycles. The van der Waals surface area contributed by atoms with Crippen LogP contribution in [0.4, 0.5) is 0 Å². The average Bonchev–Trinajstić information content (AvgIpc) is 2.00. The normalized spacial score (nSPS) is 28.5. The lowest BCUT2D eigenvalue weighted by Crippen LogP contribution is -2.44. The molecular weight excluding hydrogens is 154 g/mol. The Kier molecular flexibility index (Phi) is 4.58. The monoisotopic (exact) mass is 173 g/mol. The van der Waals surface area contributed by atoms with Gasteiger partial charge in [-0.15, -0.1) is 0 Å². The number of hydrogen-bond acceptors (Lipinski definition) is 3. The summed E-state index contributed by atoms with van der Waals surface area (Å²) in [6, 6.07) is 0.550. The number of aliphatic hydroxyl groups is 2. The molecule has 0 aromatic rings. The third-order valence-corrected chi connectivity index (χ3v) is 2.38. The summed E-state index contributed by atoms with van der Waals surface area (Å²) < 4.78 is 0. The molecule has 1 rings (SSSR count). The highest BCUT2D eigenvalue weighted by molar-refractivity contribution is 4.84. The van der Waals surface area contributed by atoms with Crippen molar-refractivity contribution in [3.05, 3.63) is 0 Å². The first kappa shape index (κ1) is 9.96. The van der Waals surface area contributed by atoms with Crippen molar-refractivity contribution in [2.75, 3.05) is 13.2 Å². The van der Waals surface area contributed by atoms with Crippen LogP contribution in [0, 0.1) is 0 Å². The Labute approximate surface area is 73.8 Å². The van der Waals surface area contributed by atoms with E-state index in [0.717, 1.165) is 38.6 Å². The summed E-state index contributed by atoms with van der Waals surface area (Å²) in [6.45, 7) is 1.33. The fourth-order valence-electron chi connectivity index (χ4n) is 1.47. The van der Waals surface area contributed by atoms with Gasteiger partial charge in [0.2, 0.25) is 0 Å². The maximum Gasteiger partial charge on any atom is 0.0570 e. The van der Waals surface area contributed by atoms with E-state index in [2.05, 4.69) is 5.32 Å². The summed E-state index contributed by atoms with van der Waals surface area (Å²) >= 11 is 0. The largest absolute Gasteiger partial charge is 0.396 e. The molecule has 0 aromatic carbocycles. The molecule has 3 nitrogen and oxygen atoms in total. The van der Waals surface area contributed by atoms with Crippen LogP contribution in [0.15, 0.2) is 0 Å². The van der Waals surface area contributed by atoms with Crippen molar-refractivity contribution in [2.45, 2.75) is 44.2 Å². The number of aliphatic hydroxyl groups excluding tert-OH is 2. The van der Waals surface area contributed by atoms with Crippen molar-refractivity contribution in [3.8, 4) is 0 Å². The zero-order chi connectivity index (χ0) is 8.81. The Morgan fingerprint density at radius 3 is 2.50 bits per heavy atom. The smallest absolute Gasteiger partial charge is 0.0570 e. The van der Waals surface area contributed by atoms with Crippen molar-refractivity contribution in [1.29, 1.82) is 0 Å². The van der Waals surface area contributed by atoms with Gasteiger partial charge in [-0.3, -0.25) is 0 Å². The number of hydrogen-bond donors (Lipinski definition) is 3. The van der Waals surface area contributed by atoms with Crippen LogP contribution in [0.1, 0.15) is 32.1 Å². The Morgan fingerprint density at radius 1 is 1.17 bits per heavy atom. The van der Waals surface area contributed by atoms with Gasteiger partial charge in [0, 0.05) is 12.6 Å². The van der Waals surface area contributed by atoms with Gasteiger partial charge in [-0.25, -0.2) is 0 Å². The molecular formula is C9H19NO2. The van der Waals surface area contributed by atoms with Crippen molar-refractivity contribution in [1.82, 2.24) is 5.32 Å². The van der Waals surface area contributed by atoms with Gasteiger partial charge in [0.05, 0.1) is 6.10 Å². The summed E-state index contributed by atoms with van der Waals surface area (Å²) in [5, 5.41) is 20.9. The molecule has 0 radical (unpaired) electrons. The van der Waals surface area contributed by atoms with Crippen LogP contribution in [0.25, 0.3) is 0 Å². The summed E-state index contributed by atoms with van der Waals surface area (Å²) in [7, 11) is 0. The highest BCUT2D eigenvalue weighted by Gasteiger charge is 2.25. The summed E-state index contributed by atoms with van der Waals surface area (Å²) in [4.78, 5) is 0. The first-order valence-electron chi connectivity index (χ1n) is 4.85. The Balaban J connectivity index is 1.77. The summed E-state index contributed by atoms with van der Waals surface area (Å²) in [5.41, 5.74) is 0. The van der Waals surface area contributed by atoms with E-state index in [-0.39, 0.29) is 6.10 Å². The van der Waals surface area contributed by atoms with Crippen LogP contribution in [0.3, 0.4) is 0 Å². The van der Waals surface area contributed by atoms with E-state index in [9.17, 15) is 0 Å². The fraction of sp³-hybridized carbons (Fsp3) is 1.00. The lowest BCUT2D eigenvalue weighted by molar-refractivity contribution is 0.0625. The maximum atomic E-state index is 8.99. The first-order chi connectivity index (χ1) is 5.83. The maximum absolute atomic E-state index is 8.99. The lowest BCUT2D eigenvalue weighted by Gasteiger charge is -2.32. The second-order valence-electron chi connectivity index (χ2n) is 3.56. The van der Waals surface area contributed by atoms with Gasteiger partial charge < -0.3 is 15.5 Å². The van der Waals surface area contributed by atoms with Crippen LogP contribution < -0.4 is 5.32 Å². The van der Waals surface area contributed by atoms with Crippen molar-refractivity contribution >= 4 is 0 Å². The van der Waals surface area contributed by atoms with E-state index in [0.29, 0.717) is 12.6 Å². The van der Waals surface area contributed by atoms with Crippen molar-refractivity contribution in [3.63, 3.8) is 0 Å². The van der Waals surface area contributed by atoms with Crippen LogP contribution in [0.2, 0.25) is 0 Å². The second kappa shape index (κ2) is 5.51. The number of unbranched alkanes of at least 4 members (excludes halogenated alkanes) is 2. The van der Waals surface area contributed by atoms with Gasteiger partial charge in [0.1, 0.15) is 0 Å². The molecule has 3 heteroatoms. The molecule has 72 valence electrons. The van der Waals surface area contributed by atoms with E-state index < -0.39 is 0 Å². The Morgan fingerprint density at radius 2 is 1.92 bits per heavy atom. The van der Waals surface area contributed by atoms with Gasteiger partial charge >= 0.3 is 0 Å². The Bertz CT molecular complexity index is 113. The molecule has 0 heterocycles. The van der Waals surface area contributed by atoms with Crippen LogP contribution in [-0.4, -0.2) is 35.5 Å². The van der Waals surface area contributed by atoms with E-state index >= 15 is 0 Å². The van der Waals surface area contributed by atoms with Gasteiger partial charge in [-0.05, 0) is 38.6 Å². The van der Waals surface area contributed by atoms with Crippen molar-refractivity contribution < 1.29 is 10.2 Å². The molecule has 3 N–H and O–H groups in total. The second-order valence-corrected chi connectivity index (χ2v) is 3.56. The van der Waals surface area contributed by atoms with Crippen LogP contribution >= 0.6 is 0 Å². The van der Waals surface area contributed by atoms with Crippen LogP contribution in [0.5, 0.6) is 0 Å². The minimum Gasteiger partial charge on any atom is -0.396 e. The quantitative estimate of drug-likeness (QED) is 0.505. The molecule has 12 heavy (non-hydrogen) atoms. The number of nitrogens with one attached hydrogen (secondary N) is 1. The molecule has 0 aliphatic heterocycles. The molecule has 1 saturated carbocycles. The lowest BCUT2D eigenvalue weighted by atomic mass is 9.89. The third kappa shape index (κ3) is 3.52. The average molecular weight is 173 g/mol. The fourth-order valence-corrected chi connectivity index (χ4v) is 1.47.